The van der Waals surface area contributed by atoms with E-state index in [0.29, 0.717) is 5.56 Å². The van der Waals surface area contributed by atoms with Crippen LogP contribution in [0.1, 0.15) is 11.7 Å². The minimum Gasteiger partial charge on any atom is -0.453 e. The number of ether oxygens (including phenoxy) is 1. The molecule has 0 aromatic heterocycles. The Balaban J connectivity index is 2.14. The Bertz CT molecular complexity index is 442. The van der Waals surface area contributed by atoms with E-state index in [-0.39, 0.29) is 0 Å². The maximum atomic E-state index is 11.1. The van der Waals surface area contributed by atoms with E-state index in [4.69, 9.17) is 4.74 Å². The van der Waals surface area contributed by atoms with Crippen LogP contribution >= 0.6 is 0 Å². The molecule has 0 saturated carbocycles. The Morgan fingerprint density at radius 2 is 1.83 bits per heavy atom. The molecule has 2 rings (SSSR count). The van der Waals surface area contributed by atoms with Crippen molar-refractivity contribution in [3.8, 4) is 0 Å². The molecule has 4 atom stereocenters. The Kier molecular flexibility index (Phi) is 3.76. The van der Waals surface area contributed by atoms with Gasteiger partial charge in [0.15, 0.2) is 6.10 Å². The average molecular weight is 250 g/mol. The molecule has 5 heteroatoms. The zero-order valence-electron chi connectivity index (χ0n) is 9.51. The molecule has 3 unspecified atom stereocenters. The number of carbonyl (C=O) groups is 1. The predicted molar refractivity (Wildman–Crippen MR) is 62.4 cm³/mol. The second kappa shape index (κ2) is 5.30. The highest BCUT2D eigenvalue weighted by molar-refractivity contribution is 5.83. The molecule has 5 nitrogen and oxygen atoms in total. The standard InChI is InChI=1S/C13H14O5/c14-9-6-7-10(15)18-13(9)12(17)11(16)8-4-2-1-3-5-8/h1-7,9,11-14,16-17H/t9?,11?,12?,13-/m1/s1. The highest BCUT2D eigenvalue weighted by atomic mass is 16.6. The number of esters is 1. The van der Waals surface area contributed by atoms with E-state index in [9.17, 15) is 20.1 Å². The van der Waals surface area contributed by atoms with Crippen LogP contribution in [-0.2, 0) is 9.53 Å². The first-order valence-electron chi connectivity index (χ1n) is 5.57. The lowest BCUT2D eigenvalue weighted by molar-refractivity contribution is -0.166. The Morgan fingerprint density at radius 3 is 2.50 bits per heavy atom. The van der Waals surface area contributed by atoms with Gasteiger partial charge in [0, 0.05) is 6.08 Å². The molecule has 1 aromatic carbocycles. The zero-order valence-corrected chi connectivity index (χ0v) is 9.51. The number of carbonyl (C=O) groups excluding carboxylic acids is 1. The van der Waals surface area contributed by atoms with Gasteiger partial charge in [0.1, 0.15) is 18.3 Å². The van der Waals surface area contributed by atoms with E-state index >= 15 is 0 Å². The SMILES string of the molecule is O=C1C=CC(O)[C@H](C(O)C(O)c2ccccc2)O1. The summed E-state index contributed by atoms with van der Waals surface area (Å²) >= 11 is 0. The molecule has 1 aliphatic heterocycles. The van der Waals surface area contributed by atoms with Gasteiger partial charge in [0.05, 0.1) is 0 Å². The summed E-state index contributed by atoms with van der Waals surface area (Å²) in [5, 5.41) is 29.5. The number of benzene rings is 1. The fourth-order valence-corrected chi connectivity index (χ4v) is 1.83. The maximum absolute atomic E-state index is 11.1. The lowest BCUT2D eigenvalue weighted by Crippen LogP contribution is -2.45. The van der Waals surface area contributed by atoms with Gasteiger partial charge in [0.2, 0.25) is 0 Å². The summed E-state index contributed by atoms with van der Waals surface area (Å²) in [6.07, 6.45) is -2.60. The summed E-state index contributed by atoms with van der Waals surface area (Å²) < 4.78 is 4.82. The second-order valence-corrected chi connectivity index (χ2v) is 4.10. The fraction of sp³-hybridized carbons (Fsp3) is 0.308. The minimum atomic E-state index is -1.39. The summed E-state index contributed by atoms with van der Waals surface area (Å²) in [7, 11) is 0. The van der Waals surface area contributed by atoms with Crippen LogP contribution in [0.25, 0.3) is 0 Å². The third kappa shape index (κ3) is 2.59. The van der Waals surface area contributed by atoms with Crippen molar-refractivity contribution in [2.45, 2.75) is 24.4 Å². The van der Waals surface area contributed by atoms with Gasteiger partial charge in [-0.3, -0.25) is 0 Å². The van der Waals surface area contributed by atoms with Gasteiger partial charge in [-0.1, -0.05) is 30.3 Å². The summed E-state index contributed by atoms with van der Waals surface area (Å²) in [5.74, 6) is -0.649. The van der Waals surface area contributed by atoms with Gasteiger partial charge in [-0.15, -0.1) is 0 Å². The van der Waals surface area contributed by atoms with Crippen LogP contribution in [-0.4, -0.2) is 39.6 Å². The summed E-state index contributed by atoms with van der Waals surface area (Å²) in [5.41, 5.74) is 0.489. The maximum Gasteiger partial charge on any atom is 0.330 e. The van der Waals surface area contributed by atoms with Crippen molar-refractivity contribution in [2.24, 2.45) is 0 Å². The first kappa shape index (κ1) is 12.8. The molecule has 0 aliphatic carbocycles. The molecule has 0 saturated heterocycles. The molecule has 0 radical (unpaired) electrons. The van der Waals surface area contributed by atoms with Gasteiger partial charge < -0.3 is 20.1 Å². The van der Waals surface area contributed by atoms with E-state index in [1.165, 1.54) is 6.08 Å². The third-order valence-electron chi connectivity index (χ3n) is 2.82. The van der Waals surface area contributed by atoms with Crippen LogP contribution < -0.4 is 0 Å². The average Bonchev–Trinajstić information content (AvgIpc) is 2.41. The van der Waals surface area contributed by atoms with E-state index < -0.39 is 30.4 Å². The Hall–Kier alpha value is -1.69. The number of hydrogen-bond acceptors (Lipinski definition) is 5. The van der Waals surface area contributed by atoms with Crippen molar-refractivity contribution in [2.75, 3.05) is 0 Å². The molecular weight excluding hydrogens is 236 g/mol. The van der Waals surface area contributed by atoms with Crippen LogP contribution in [0, 0.1) is 0 Å². The topological polar surface area (TPSA) is 87.0 Å². The smallest absolute Gasteiger partial charge is 0.330 e. The van der Waals surface area contributed by atoms with E-state index in [1.807, 2.05) is 0 Å². The van der Waals surface area contributed by atoms with Crippen molar-refractivity contribution in [1.29, 1.82) is 0 Å². The van der Waals surface area contributed by atoms with Crippen molar-refractivity contribution in [3.05, 3.63) is 48.0 Å². The van der Waals surface area contributed by atoms with Gasteiger partial charge >= 0.3 is 5.97 Å². The molecule has 0 fully saturated rings. The minimum absolute atomic E-state index is 0.489. The lowest BCUT2D eigenvalue weighted by atomic mass is 9.96. The molecule has 0 amide bonds. The van der Waals surface area contributed by atoms with Crippen molar-refractivity contribution in [1.82, 2.24) is 0 Å². The third-order valence-corrected chi connectivity index (χ3v) is 2.82. The number of aliphatic hydroxyl groups is 3. The Morgan fingerprint density at radius 1 is 1.17 bits per heavy atom. The number of rotatable bonds is 3. The van der Waals surface area contributed by atoms with Crippen LogP contribution in [0.3, 0.4) is 0 Å². The highest BCUT2D eigenvalue weighted by Crippen LogP contribution is 2.23. The molecular formula is C13H14O5. The zero-order chi connectivity index (χ0) is 13.1. The molecule has 0 spiro atoms. The van der Waals surface area contributed by atoms with Crippen LogP contribution in [0.15, 0.2) is 42.5 Å². The number of aliphatic hydroxyl groups excluding tert-OH is 3. The van der Waals surface area contributed by atoms with Crippen molar-refractivity contribution >= 4 is 5.97 Å². The summed E-state index contributed by atoms with van der Waals surface area (Å²) in [6.45, 7) is 0. The van der Waals surface area contributed by atoms with Gasteiger partial charge in [-0.25, -0.2) is 4.79 Å². The highest BCUT2D eigenvalue weighted by Gasteiger charge is 2.36. The molecule has 1 heterocycles. The first-order valence-corrected chi connectivity index (χ1v) is 5.57. The van der Waals surface area contributed by atoms with E-state index in [1.54, 1.807) is 30.3 Å². The largest absolute Gasteiger partial charge is 0.453 e. The summed E-state index contributed by atoms with van der Waals surface area (Å²) in [6, 6.07) is 8.49. The van der Waals surface area contributed by atoms with E-state index in [2.05, 4.69) is 0 Å². The van der Waals surface area contributed by atoms with Crippen molar-refractivity contribution in [3.63, 3.8) is 0 Å². The van der Waals surface area contributed by atoms with Crippen molar-refractivity contribution < 1.29 is 24.9 Å². The molecule has 1 aromatic rings. The molecule has 96 valence electrons. The lowest BCUT2D eigenvalue weighted by Gasteiger charge is -2.30. The normalized spacial score (nSPS) is 26.5. The number of hydrogen-bond donors (Lipinski definition) is 3. The summed E-state index contributed by atoms with van der Waals surface area (Å²) in [4.78, 5) is 11.1. The van der Waals surface area contributed by atoms with Gasteiger partial charge in [0.25, 0.3) is 0 Å². The Labute approximate surface area is 104 Å². The van der Waals surface area contributed by atoms with E-state index in [0.717, 1.165) is 6.08 Å². The van der Waals surface area contributed by atoms with Crippen LogP contribution in [0.5, 0.6) is 0 Å². The van der Waals surface area contributed by atoms with Gasteiger partial charge in [-0.2, -0.15) is 0 Å². The molecule has 1 aliphatic rings. The van der Waals surface area contributed by atoms with Crippen LogP contribution in [0.2, 0.25) is 0 Å². The first-order chi connectivity index (χ1) is 8.59. The predicted octanol–water partition coefficient (Wildman–Crippen LogP) is -0.0766. The second-order valence-electron chi connectivity index (χ2n) is 4.10. The van der Waals surface area contributed by atoms with Gasteiger partial charge in [-0.05, 0) is 11.6 Å². The van der Waals surface area contributed by atoms with Crippen LogP contribution in [0.4, 0.5) is 0 Å². The quantitative estimate of drug-likeness (QED) is 0.653. The molecule has 3 N–H and O–H groups in total. The molecule has 18 heavy (non-hydrogen) atoms. The monoisotopic (exact) mass is 250 g/mol. The molecule has 0 bridgehead atoms. The fourth-order valence-electron chi connectivity index (χ4n) is 1.83. The number of cyclic esters (lactones) is 1.